The zero-order chi connectivity index (χ0) is 26.5. The number of aliphatic hydroxyl groups excluding tert-OH is 1. The molecule has 0 aromatic carbocycles. The largest absolute Gasteiger partial charge is 0.462 e. The van der Waals surface area contributed by atoms with E-state index in [-0.39, 0.29) is 37.9 Å². The molecular formula is C27H40O9. The second kappa shape index (κ2) is 9.40. The highest BCUT2D eigenvalue weighted by molar-refractivity contribution is 5.85. The van der Waals surface area contributed by atoms with Gasteiger partial charge in [-0.05, 0) is 37.7 Å². The number of epoxide rings is 1. The van der Waals surface area contributed by atoms with Gasteiger partial charge in [0.1, 0.15) is 24.4 Å². The van der Waals surface area contributed by atoms with Crippen LogP contribution in [0.1, 0.15) is 73.1 Å². The fourth-order valence-electron chi connectivity index (χ4n) is 7.23. The van der Waals surface area contributed by atoms with Crippen molar-refractivity contribution in [1.82, 2.24) is 0 Å². The van der Waals surface area contributed by atoms with Gasteiger partial charge >= 0.3 is 17.9 Å². The molecule has 0 aromatic rings. The standard InChI is InChI=1S/C27H40O9/c1-6-16(2)23(31)36-21-12-24(4,32)25(5,19-8-7-9-26(15-34-26)27(19,21)14-28)20(35-17(3)29)10-18-11-22(30)33-13-18/h11,16,19-21,28,32H,6-10,12-15H2,1-5H3/t16?,19-,20+,21+,24+,25+,26+,27+/m1/s1. The van der Waals surface area contributed by atoms with E-state index in [0.717, 1.165) is 6.42 Å². The van der Waals surface area contributed by atoms with Crippen LogP contribution in [-0.4, -0.2) is 71.4 Å². The lowest BCUT2D eigenvalue weighted by Crippen LogP contribution is -2.74. The van der Waals surface area contributed by atoms with Crippen LogP contribution in [0.3, 0.4) is 0 Å². The Morgan fingerprint density at radius 2 is 2.00 bits per heavy atom. The summed E-state index contributed by atoms with van der Waals surface area (Å²) in [5.74, 6) is -2.03. The summed E-state index contributed by atoms with van der Waals surface area (Å²) in [7, 11) is 0. The van der Waals surface area contributed by atoms with E-state index in [1.54, 1.807) is 13.8 Å². The predicted molar refractivity (Wildman–Crippen MR) is 127 cm³/mol. The van der Waals surface area contributed by atoms with Gasteiger partial charge in [0, 0.05) is 31.3 Å². The van der Waals surface area contributed by atoms with Crippen LogP contribution in [0.25, 0.3) is 0 Å². The lowest BCUT2D eigenvalue weighted by molar-refractivity contribution is -0.288. The zero-order valence-corrected chi connectivity index (χ0v) is 22.0. The molecule has 2 saturated carbocycles. The first kappa shape index (κ1) is 27.1. The number of hydrogen-bond donors (Lipinski definition) is 2. The van der Waals surface area contributed by atoms with Crippen LogP contribution >= 0.6 is 0 Å². The van der Waals surface area contributed by atoms with E-state index >= 15 is 0 Å². The Kier molecular flexibility index (Phi) is 7.07. The SMILES string of the molecule is CCC(C)C(=O)O[C@H]1C[C@](C)(O)[C@](C)([C@H](CC2=CC(=O)OC2)OC(C)=O)[C@H]2CCC[C@]3(CO3)[C@]12CO. The van der Waals surface area contributed by atoms with E-state index in [4.69, 9.17) is 18.9 Å². The molecule has 2 heterocycles. The van der Waals surface area contributed by atoms with Crippen molar-refractivity contribution in [2.45, 2.75) is 96.6 Å². The number of fused-ring (bicyclic) bond motifs is 2. The fourth-order valence-corrected chi connectivity index (χ4v) is 7.23. The van der Waals surface area contributed by atoms with E-state index in [0.29, 0.717) is 31.4 Å². The Bertz CT molecular complexity index is 936. The molecule has 4 rings (SSSR count). The van der Waals surface area contributed by atoms with Gasteiger partial charge in [0.2, 0.25) is 0 Å². The molecule has 1 unspecified atom stereocenters. The quantitative estimate of drug-likeness (QED) is 0.288. The van der Waals surface area contributed by atoms with Crippen molar-refractivity contribution in [3.8, 4) is 0 Å². The number of rotatable bonds is 8. The summed E-state index contributed by atoms with van der Waals surface area (Å²) in [6.07, 6.45) is 2.84. The first-order chi connectivity index (χ1) is 16.9. The highest BCUT2D eigenvalue weighted by Crippen LogP contribution is 2.70. The molecule has 9 nitrogen and oxygen atoms in total. The molecule has 202 valence electrons. The average molecular weight is 509 g/mol. The number of cyclic esters (lactones) is 1. The van der Waals surface area contributed by atoms with Crippen molar-refractivity contribution in [3.63, 3.8) is 0 Å². The van der Waals surface area contributed by atoms with Crippen LogP contribution in [0.5, 0.6) is 0 Å². The maximum Gasteiger partial charge on any atom is 0.331 e. The fraction of sp³-hybridized carbons (Fsp3) is 0.815. The van der Waals surface area contributed by atoms with Crippen molar-refractivity contribution >= 4 is 17.9 Å². The minimum atomic E-state index is -1.44. The smallest absolute Gasteiger partial charge is 0.331 e. The lowest BCUT2D eigenvalue weighted by atomic mass is 9.41. The summed E-state index contributed by atoms with van der Waals surface area (Å²) in [6.45, 7) is 8.86. The average Bonchev–Trinajstić information content (AvgIpc) is 3.47. The summed E-state index contributed by atoms with van der Waals surface area (Å²) in [5, 5.41) is 23.2. The lowest BCUT2D eigenvalue weighted by Gasteiger charge is -2.66. The summed E-state index contributed by atoms with van der Waals surface area (Å²) < 4.78 is 23.1. The second-order valence-electron chi connectivity index (χ2n) is 11.6. The van der Waals surface area contributed by atoms with Crippen molar-refractivity contribution in [2.24, 2.45) is 22.7 Å². The first-order valence-corrected chi connectivity index (χ1v) is 13.1. The zero-order valence-electron chi connectivity index (χ0n) is 22.0. The van der Waals surface area contributed by atoms with Crippen molar-refractivity contribution in [2.75, 3.05) is 19.8 Å². The van der Waals surface area contributed by atoms with Gasteiger partial charge in [-0.25, -0.2) is 4.79 Å². The third-order valence-electron chi connectivity index (χ3n) is 9.76. The van der Waals surface area contributed by atoms with Crippen molar-refractivity contribution < 1.29 is 43.5 Å². The summed E-state index contributed by atoms with van der Waals surface area (Å²) in [6, 6.07) is 0. The van der Waals surface area contributed by atoms with E-state index in [1.807, 2.05) is 13.8 Å². The van der Waals surface area contributed by atoms with Crippen LogP contribution in [0.15, 0.2) is 11.6 Å². The van der Waals surface area contributed by atoms with Gasteiger partial charge in [-0.3, -0.25) is 9.59 Å². The van der Waals surface area contributed by atoms with Gasteiger partial charge in [0.15, 0.2) is 0 Å². The highest BCUT2D eigenvalue weighted by Gasteiger charge is 2.78. The van der Waals surface area contributed by atoms with E-state index in [9.17, 15) is 24.6 Å². The van der Waals surface area contributed by atoms with Crippen molar-refractivity contribution in [1.29, 1.82) is 0 Å². The van der Waals surface area contributed by atoms with Gasteiger partial charge in [0.05, 0.1) is 30.1 Å². The molecule has 1 saturated heterocycles. The maximum atomic E-state index is 13.0. The number of esters is 3. The molecule has 9 heteroatoms. The van der Waals surface area contributed by atoms with Gasteiger partial charge < -0.3 is 29.2 Å². The molecule has 0 aromatic heterocycles. The molecular weight excluding hydrogens is 468 g/mol. The summed E-state index contributed by atoms with van der Waals surface area (Å²) >= 11 is 0. The summed E-state index contributed by atoms with van der Waals surface area (Å²) in [5.41, 5.74) is -3.45. The first-order valence-electron chi connectivity index (χ1n) is 13.1. The minimum absolute atomic E-state index is 0.0556. The Labute approximate surface area is 212 Å². The molecule has 4 aliphatic rings. The van der Waals surface area contributed by atoms with Gasteiger partial charge in [-0.15, -0.1) is 0 Å². The van der Waals surface area contributed by atoms with Crippen LogP contribution < -0.4 is 0 Å². The summed E-state index contributed by atoms with van der Waals surface area (Å²) in [4.78, 5) is 37.0. The molecule has 2 N–H and O–H groups in total. The Morgan fingerprint density at radius 1 is 1.31 bits per heavy atom. The monoisotopic (exact) mass is 508 g/mol. The highest BCUT2D eigenvalue weighted by atomic mass is 16.6. The predicted octanol–water partition coefficient (Wildman–Crippen LogP) is 2.46. The molecule has 3 fully saturated rings. The van der Waals surface area contributed by atoms with Gasteiger partial charge in [-0.2, -0.15) is 0 Å². The number of carbonyl (C=O) groups is 3. The van der Waals surface area contributed by atoms with Gasteiger partial charge in [0.25, 0.3) is 0 Å². The molecule has 1 spiro atoms. The molecule has 0 radical (unpaired) electrons. The van der Waals surface area contributed by atoms with E-state index < -0.39 is 52.1 Å². The molecule has 8 atom stereocenters. The Morgan fingerprint density at radius 3 is 2.53 bits per heavy atom. The third kappa shape index (κ3) is 4.07. The molecule has 2 aliphatic heterocycles. The van der Waals surface area contributed by atoms with Crippen LogP contribution in [0, 0.1) is 22.7 Å². The second-order valence-corrected chi connectivity index (χ2v) is 11.6. The third-order valence-corrected chi connectivity index (χ3v) is 9.76. The van der Waals surface area contributed by atoms with E-state index in [1.165, 1.54) is 13.0 Å². The number of hydrogen-bond acceptors (Lipinski definition) is 9. The minimum Gasteiger partial charge on any atom is -0.462 e. The number of aliphatic hydroxyl groups is 2. The number of carbonyl (C=O) groups excluding carboxylic acids is 3. The topological polar surface area (TPSA) is 132 Å². The molecule has 36 heavy (non-hydrogen) atoms. The van der Waals surface area contributed by atoms with Crippen LogP contribution in [0.2, 0.25) is 0 Å². The number of ether oxygens (including phenoxy) is 4. The molecule has 2 aliphatic carbocycles. The van der Waals surface area contributed by atoms with Crippen LogP contribution in [0.4, 0.5) is 0 Å². The molecule has 0 amide bonds. The van der Waals surface area contributed by atoms with E-state index in [2.05, 4.69) is 0 Å². The molecule has 0 bridgehead atoms. The van der Waals surface area contributed by atoms with Crippen LogP contribution in [-0.2, 0) is 33.3 Å². The Balaban J connectivity index is 1.82. The van der Waals surface area contributed by atoms with Crippen molar-refractivity contribution in [3.05, 3.63) is 11.6 Å². The normalized spacial score (nSPS) is 41.1. The Hall–Kier alpha value is -1.97. The maximum absolute atomic E-state index is 13.0. The van der Waals surface area contributed by atoms with Gasteiger partial charge in [-0.1, -0.05) is 27.2 Å².